The van der Waals surface area contributed by atoms with E-state index in [1.807, 2.05) is 41.8 Å². The first kappa shape index (κ1) is 23.6. The van der Waals surface area contributed by atoms with Crippen LogP contribution in [0.25, 0.3) is 0 Å². The largest absolute Gasteiger partial charge is 0.497 e. The van der Waals surface area contributed by atoms with Crippen LogP contribution >= 0.6 is 0 Å². The molecule has 5 rings (SSSR count). The van der Waals surface area contributed by atoms with Gasteiger partial charge in [0.1, 0.15) is 5.75 Å². The number of aromatic nitrogens is 2. The van der Waals surface area contributed by atoms with Crippen molar-refractivity contribution in [2.24, 2.45) is 11.8 Å². The molecule has 3 atom stereocenters. The molecule has 0 spiro atoms. The van der Waals surface area contributed by atoms with Gasteiger partial charge in [-0.2, -0.15) is 0 Å². The highest BCUT2D eigenvalue weighted by Crippen LogP contribution is 2.36. The van der Waals surface area contributed by atoms with Crippen LogP contribution in [0.3, 0.4) is 0 Å². The molecule has 1 aromatic heterocycles. The third-order valence-electron chi connectivity index (χ3n) is 8.08. The number of benzene rings is 2. The number of hydrogen-bond acceptors (Lipinski definition) is 5. The van der Waals surface area contributed by atoms with Crippen LogP contribution < -0.4 is 15.2 Å². The molecule has 2 aliphatic rings. The van der Waals surface area contributed by atoms with E-state index in [9.17, 15) is 4.79 Å². The van der Waals surface area contributed by atoms with Crippen LogP contribution in [0.2, 0.25) is 0 Å². The van der Waals surface area contributed by atoms with Crippen LogP contribution in [0.4, 0.5) is 11.6 Å². The Bertz CT molecular complexity index is 1220. The molecule has 6 heteroatoms. The number of ether oxygens (including phenoxy) is 1. The number of methoxy groups -OCH3 is 1. The minimum Gasteiger partial charge on any atom is -0.497 e. The summed E-state index contributed by atoms with van der Waals surface area (Å²) in [6, 6.07) is 18.7. The molecule has 0 radical (unpaired) electrons. The fourth-order valence-corrected chi connectivity index (χ4v) is 5.73. The van der Waals surface area contributed by atoms with Gasteiger partial charge in [0.05, 0.1) is 26.1 Å². The van der Waals surface area contributed by atoms with Crippen molar-refractivity contribution in [2.45, 2.75) is 59.2 Å². The van der Waals surface area contributed by atoms with Gasteiger partial charge in [0.25, 0.3) is 5.56 Å². The van der Waals surface area contributed by atoms with Gasteiger partial charge in [-0.3, -0.25) is 19.2 Å². The topological polar surface area (TPSA) is 50.6 Å². The second-order valence-electron chi connectivity index (χ2n) is 10.2. The molecule has 3 aromatic rings. The molecule has 0 amide bonds. The highest BCUT2D eigenvalue weighted by atomic mass is 16.5. The molecule has 6 nitrogen and oxygen atoms in total. The summed E-state index contributed by atoms with van der Waals surface area (Å²) in [6.07, 6.45) is 4.29. The van der Waals surface area contributed by atoms with Crippen LogP contribution in [-0.2, 0) is 13.1 Å². The lowest BCUT2D eigenvalue weighted by molar-refractivity contribution is 0.0491. The van der Waals surface area contributed by atoms with Gasteiger partial charge in [-0.25, -0.2) is 4.98 Å². The molecular formula is C29H36N4O2. The molecule has 0 saturated heterocycles. The molecule has 2 heterocycles. The van der Waals surface area contributed by atoms with Crippen LogP contribution in [0.5, 0.6) is 5.75 Å². The van der Waals surface area contributed by atoms with Gasteiger partial charge in [-0.05, 0) is 55.0 Å². The zero-order chi connectivity index (χ0) is 24.5. The first-order valence-corrected chi connectivity index (χ1v) is 12.8. The fraction of sp³-hybridized carbons (Fsp3) is 0.448. The van der Waals surface area contributed by atoms with E-state index >= 15 is 0 Å². The zero-order valence-corrected chi connectivity index (χ0v) is 21.3. The van der Waals surface area contributed by atoms with Gasteiger partial charge in [0.2, 0.25) is 5.95 Å². The normalized spacial score (nSPS) is 22.6. The van der Waals surface area contributed by atoms with Crippen molar-refractivity contribution in [3.63, 3.8) is 0 Å². The van der Waals surface area contributed by atoms with Gasteiger partial charge in [-0.15, -0.1) is 0 Å². The lowest BCUT2D eigenvalue weighted by atomic mass is 9.77. The van der Waals surface area contributed by atoms with E-state index in [1.165, 1.54) is 19.3 Å². The first-order valence-electron chi connectivity index (χ1n) is 12.8. The van der Waals surface area contributed by atoms with Crippen molar-refractivity contribution in [1.82, 2.24) is 14.5 Å². The quantitative estimate of drug-likeness (QED) is 0.501. The Morgan fingerprint density at radius 1 is 1.00 bits per heavy atom. The van der Waals surface area contributed by atoms with E-state index in [2.05, 4.69) is 47.9 Å². The Morgan fingerprint density at radius 2 is 1.74 bits per heavy atom. The van der Waals surface area contributed by atoms with Crippen LogP contribution in [0.1, 0.15) is 49.9 Å². The molecule has 35 heavy (non-hydrogen) atoms. The number of fused-ring (bicyclic) bond motifs is 1. The van der Waals surface area contributed by atoms with Crippen LogP contribution in [0.15, 0.2) is 59.4 Å². The molecule has 1 aliphatic carbocycles. The Kier molecular flexibility index (Phi) is 6.65. The second kappa shape index (κ2) is 9.86. The number of nitrogens with zero attached hydrogens (tertiary/aromatic N) is 4. The molecule has 184 valence electrons. The van der Waals surface area contributed by atoms with Crippen LogP contribution in [0, 0.1) is 18.8 Å². The Morgan fingerprint density at radius 3 is 2.46 bits per heavy atom. The molecule has 3 unspecified atom stereocenters. The lowest BCUT2D eigenvalue weighted by Crippen LogP contribution is -2.54. The summed E-state index contributed by atoms with van der Waals surface area (Å²) in [5, 5.41) is 0. The van der Waals surface area contributed by atoms with Crippen molar-refractivity contribution >= 4 is 11.6 Å². The molecule has 1 fully saturated rings. The summed E-state index contributed by atoms with van der Waals surface area (Å²) in [5.41, 5.74) is 3.79. The van der Waals surface area contributed by atoms with Gasteiger partial charge in [-0.1, -0.05) is 57.0 Å². The predicted octanol–water partition coefficient (Wildman–Crippen LogP) is 5.34. The predicted molar refractivity (Wildman–Crippen MR) is 140 cm³/mol. The first-order chi connectivity index (χ1) is 17.0. The average molecular weight is 473 g/mol. The summed E-state index contributed by atoms with van der Waals surface area (Å²) in [5.74, 6) is 2.81. The molecule has 2 aromatic carbocycles. The van der Waals surface area contributed by atoms with Crippen molar-refractivity contribution in [2.75, 3.05) is 18.7 Å². The number of aryl methyl sites for hydroxylation is 1. The molecule has 1 aliphatic heterocycles. The van der Waals surface area contributed by atoms with Crippen molar-refractivity contribution < 1.29 is 4.74 Å². The average Bonchev–Trinajstić information content (AvgIpc) is 2.88. The number of rotatable bonds is 5. The molecule has 0 N–H and O–H groups in total. The Hall–Kier alpha value is -3.12. The third kappa shape index (κ3) is 4.59. The second-order valence-corrected chi connectivity index (χ2v) is 10.2. The third-order valence-corrected chi connectivity index (χ3v) is 8.08. The lowest BCUT2D eigenvalue weighted by Gasteiger charge is -2.46. The van der Waals surface area contributed by atoms with Crippen molar-refractivity contribution in [3.05, 3.63) is 81.8 Å². The smallest absolute Gasteiger partial charge is 0.259 e. The SMILES string of the molecule is COc1ccc(N2CN(C3CCCC(C)C3C)Cn3c2nc(C)c(Cc2ccccc2)c3=O)cc1. The highest BCUT2D eigenvalue weighted by molar-refractivity contribution is 5.59. The maximum absolute atomic E-state index is 13.9. The molecule has 1 saturated carbocycles. The Labute approximate surface area is 208 Å². The van der Waals surface area contributed by atoms with E-state index in [0.717, 1.165) is 40.9 Å². The van der Waals surface area contributed by atoms with Crippen molar-refractivity contribution in [3.8, 4) is 5.75 Å². The van der Waals surface area contributed by atoms with E-state index in [0.29, 0.717) is 31.0 Å². The number of hydrogen-bond donors (Lipinski definition) is 0. The standard InChI is InChI=1S/C29H36N4O2/c1-20-9-8-12-27(21(20)2)31-18-32(24-13-15-25(35-4)16-14-24)29-30-22(3)26(28(34)33(29)19-31)17-23-10-6-5-7-11-23/h5-7,10-11,13-16,20-21,27H,8-9,12,17-19H2,1-4H3. The van der Waals surface area contributed by atoms with Gasteiger partial charge in [0.15, 0.2) is 0 Å². The maximum Gasteiger partial charge on any atom is 0.259 e. The highest BCUT2D eigenvalue weighted by Gasteiger charge is 2.36. The molecular weight excluding hydrogens is 436 g/mol. The Balaban J connectivity index is 1.58. The summed E-state index contributed by atoms with van der Waals surface area (Å²) in [7, 11) is 1.68. The van der Waals surface area contributed by atoms with Crippen molar-refractivity contribution in [1.29, 1.82) is 0 Å². The van der Waals surface area contributed by atoms with Gasteiger partial charge in [0, 0.05) is 23.7 Å². The summed E-state index contributed by atoms with van der Waals surface area (Å²) >= 11 is 0. The number of anilines is 2. The molecule has 0 bridgehead atoms. The monoisotopic (exact) mass is 472 g/mol. The van der Waals surface area contributed by atoms with E-state index in [1.54, 1.807) is 7.11 Å². The summed E-state index contributed by atoms with van der Waals surface area (Å²) in [6.45, 7) is 8.00. The van der Waals surface area contributed by atoms with Crippen LogP contribution in [-0.4, -0.2) is 34.3 Å². The summed E-state index contributed by atoms with van der Waals surface area (Å²) in [4.78, 5) is 23.6. The minimum absolute atomic E-state index is 0.0658. The summed E-state index contributed by atoms with van der Waals surface area (Å²) < 4.78 is 7.27. The fourth-order valence-electron chi connectivity index (χ4n) is 5.73. The van der Waals surface area contributed by atoms with Gasteiger partial charge >= 0.3 is 0 Å². The zero-order valence-electron chi connectivity index (χ0n) is 21.3. The van der Waals surface area contributed by atoms with E-state index in [4.69, 9.17) is 9.72 Å². The minimum atomic E-state index is 0.0658. The van der Waals surface area contributed by atoms with Gasteiger partial charge < -0.3 is 4.74 Å². The maximum atomic E-state index is 13.9. The van der Waals surface area contributed by atoms with E-state index < -0.39 is 0 Å². The van der Waals surface area contributed by atoms with E-state index in [-0.39, 0.29) is 5.56 Å².